The largest absolute Gasteiger partial charge is 0.322 e. The SMILES string of the molecule is Cc1ccc(NC(=O)c2ccc(-c3nc(C)sc3C)cc2)c(C)c1. The summed E-state index contributed by atoms with van der Waals surface area (Å²) in [7, 11) is 0. The van der Waals surface area contributed by atoms with Crippen molar-refractivity contribution in [3.63, 3.8) is 0 Å². The van der Waals surface area contributed by atoms with Gasteiger partial charge in [-0.25, -0.2) is 4.98 Å². The molecule has 0 saturated heterocycles. The molecule has 122 valence electrons. The summed E-state index contributed by atoms with van der Waals surface area (Å²) < 4.78 is 0. The van der Waals surface area contributed by atoms with E-state index in [0.29, 0.717) is 5.56 Å². The molecule has 1 heterocycles. The van der Waals surface area contributed by atoms with Crippen molar-refractivity contribution < 1.29 is 4.79 Å². The highest BCUT2D eigenvalue weighted by molar-refractivity contribution is 7.11. The van der Waals surface area contributed by atoms with Gasteiger partial charge >= 0.3 is 0 Å². The van der Waals surface area contributed by atoms with Crippen molar-refractivity contribution >= 4 is 22.9 Å². The third kappa shape index (κ3) is 3.39. The number of aromatic nitrogens is 1. The maximum Gasteiger partial charge on any atom is 0.255 e. The first-order chi connectivity index (χ1) is 11.4. The van der Waals surface area contributed by atoms with Crippen LogP contribution < -0.4 is 5.32 Å². The van der Waals surface area contributed by atoms with Crippen LogP contribution in [0.5, 0.6) is 0 Å². The standard InChI is InChI=1S/C20H20N2OS/c1-12-5-10-18(13(2)11-12)22-20(23)17-8-6-16(7-9-17)19-14(3)24-15(4)21-19/h5-11H,1-4H3,(H,22,23). The van der Waals surface area contributed by atoms with Crippen LogP contribution in [0.3, 0.4) is 0 Å². The molecule has 24 heavy (non-hydrogen) atoms. The second-order valence-corrected chi connectivity index (χ2v) is 7.39. The first-order valence-electron chi connectivity index (χ1n) is 7.87. The van der Waals surface area contributed by atoms with Crippen LogP contribution in [0.4, 0.5) is 5.69 Å². The Morgan fingerprint density at radius 1 is 1.00 bits per heavy atom. The predicted molar refractivity (Wildman–Crippen MR) is 101 cm³/mol. The third-order valence-electron chi connectivity index (χ3n) is 3.95. The Morgan fingerprint density at radius 2 is 1.71 bits per heavy atom. The first kappa shape index (κ1) is 16.4. The molecule has 2 aromatic carbocycles. The molecule has 0 unspecified atom stereocenters. The van der Waals surface area contributed by atoms with E-state index in [-0.39, 0.29) is 5.91 Å². The van der Waals surface area contributed by atoms with Crippen LogP contribution in [-0.4, -0.2) is 10.9 Å². The molecule has 0 bridgehead atoms. The zero-order valence-corrected chi connectivity index (χ0v) is 15.1. The molecule has 1 aromatic heterocycles. The van der Waals surface area contributed by atoms with Crippen LogP contribution in [0.1, 0.15) is 31.4 Å². The van der Waals surface area contributed by atoms with Crippen LogP contribution in [0.2, 0.25) is 0 Å². The van der Waals surface area contributed by atoms with Crippen molar-refractivity contribution in [1.82, 2.24) is 4.98 Å². The molecule has 0 saturated carbocycles. The second-order valence-electron chi connectivity index (χ2n) is 5.99. The fourth-order valence-electron chi connectivity index (χ4n) is 2.72. The molecule has 3 aromatic rings. The van der Waals surface area contributed by atoms with Gasteiger partial charge in [-0.2, -0.15) is 0 Å². The van der Waals surface area contributed by atoms with Gasteiger partial charge in [-0.15, -0.1) is 11.3 Å². The minimum atomic E-state index is -0.0975. The summed E-state index contributed by atoms with van der Waals surface area (Å²) in [5.74, 6) is -0.0975. The number of thiazole rings is 1. The van der Waals surface area contributed by atoms with Crippen molar-refractivity contribution in [2.75, 3.05) is 5.32 Å². The molecule has 0 radical (unpaired) electrons. The van der Waals surface area contributed by atoms with E-state index in [1.54, 1.807) is 11.3 Å². The number of benzene rings is 2. The summed E-state index contributed by atoms with van der Waals surface area (Å²) in [6.07, 6.45) is 0. The minimum Gasteiger partial charge on any atom is -0.322 e. The molecule has 1 amide bonds. The smallest absolute Gasteiger partial charge is 0.255 e. The van der Waals surface area contributed by atoms with Gasteiger partial charge in [-0.3, -0.25) is 4.79 Å². The molecule has 0 aliphatic carbocycles. The van der Waals surface area contributed by atoms with Crippen LogP contribution in [0.25, 0.3) is 11.3 Å². The lowest BCUT2D eigenvalue weighted by Crippen LogP contribution is -2.12. The minimum absolute atomic E-state index is 0.0975. The number of aryl methyl sites for hydroxylation is 4. The van der Waals surface area contributed by atoms with Crippen molar-refractivity contribution in [3.05, 3.63) is 69.0 Å². The van der Waals surface area contributed by atoms with Gasteiger partial charge in [0.05, 0.1) is 10.7 Å². The summed E-state index contributed by atoms with van der Waals surface area (Å²) in [6, 6.07) is 13.6. The Labute approximate surface area is 146 Å². The van der Waals surface area contributed by atoms with Crippen molar-refractivity contribution in [3.8, 4) is 11.3 Å². The van der Waals surface area contributed by atoms with Gasteiger partial charge in [0.2, 0.25) is 0 Å². The topological polar surface area (TPSA) is 42.0 Å². The van der Waals surface area contributed by atoms with Crippen LogP contribution >= 0.6 is 11.3 Å². The number of nitrogens with zero attached hydrogens (tertiary/aromatic N) is 1. The Hall–Kier alpha value is -2.46. The van der Waals surface area contributed by atoms with E-state index in [4.69, 9.17) is 0 Å². The lowest BCUT2D eigenvalue weighted by molar-refractivity contribution is 0.102. The molecular formula is C20H20N2OS. The number of carbonyl (C=O) groups excluding carboxylic acids is 1. The number of hydrogen-bond donors (Lipinski definition) is 1. The van der Waals surface area contributed by atoms with E-state index in [1.807, 2.05) is 57.2 Å². The molecule has 4 heteroatoms. The predicted octanol–water partition coefficient (Wildman–Crippen LogP) is 5.30. The van der Waals surface area contributed by atoms with E-state index in [1.165, 1.54) is 10.4 Å². The molecular weight excluding hydrogens is 316 g/mol. The van der Waals surface area contributed by atoms with Crippen molar-refractivity contribution in [1.29, 1.82) is 0 Å². The normalized spacial score (nSPS) is 10.7. The number of hydrogen-bond acceptors (Lipinski definition) is 3. The van der Waals surface area contributed by atoms with E-state index in [0.717, 1.165) is 27.5 Å². The lowest BCUT2D eigenvalue weighted by Gasteiger charge is -2.09. The Kier molecular flexibility index (Phi) is 4.49. The average Bonchev–Trinajstić information content (AvgIpc) is 2.88. The van der Waals surface area contributed by atoms with Crippen LogP contribution in [0.15, 0.2) is 42.5 Å². The molecule has 0 spiro atoms. The van der Waals surface area contributed by atoms with E-state index < -0.39 is 0 Å². The molecule has 0 atom stereocenters. The number of amides is 1. The highest BCUT2D eigenvalue weighted by Gasteiger charge is 2.11. The lowest BCUT2D eigenvalue weighted by atomic mass is 10.1. The molecule has 0 aliphatic heterocycles. The fraction of sp³-hybridized carbons (Fsp3) is 0.200. The Balaban J connectivity index is 1.80. The second kappa shape index (κ2) is 6.57. The quantitative estimate of drug-likeness (QED) is 0.705. The van der Waals surface area contributed by atoms with Crippen LogP contribution in [-0.2, 0) is 0 Å². The van der Waals surface area contributed by atoms with Gasteiger partial charge in [0.25, 0.3) is 5.91 Å². The molecule has 0 fully saturated rings. The average molecular weight is 336 g/mol. The molecule has 0 aliphatic rings. The van der Waals surface area contributed by atoms with Gasteiger partial charge in [-0.05, 0) is 51.5 Å². The van der Waals surface area contributed by atoms with E-state index >= 15 is 0 Å². The highest BCUT2D eigenvalue weighted by atomic mass is 32.1. The highest BCUT2D eigenvalue weighted by Crippen LogP contribution is 2.27. The fourth-order valence-corrected chi connectivity index (χ4v) is 3.56. The maximum atomic E-state index is 12.4. The van der Waals surface area contributed by atoms with E-state index in [2.05, 4.69) is 23.3 Å². The van der Waals surface area contributed by atoms with Gasteiger partial charge in [-0.1, -0.05) is 29.8 Å². The van der Waals surface area contributed by atoms with Gasteiger partial charge < -0.3 is 5.32 Å². The van der Waals surface area contributed by atoms with E-state index in [9.17, 15) is 4.79 Å². The number of anilines is 1. The number of carbonyl (C=O) groups is 1. The zero-order chi connectivity index (χ0) is 17.3. The molecule has 3 nitrogen and oxygen atoms in total. The van der Waals surface area contributed by atoms with Crippen molar-refractivity contribution in [2.45, 2.75) is 27.7 Å². The van der Waals surface area contributed by atoms with Crippen LogP contribution in [0, 0.1) is 27.7 Å². The summed E-state index contributed by atoms with van der Waals surface area (Å²) in [6.45, 7) is 8.12. The maximum absolute atomic E-state index is 12.4. The van der Waals surface area contributed by atoms with Gasteiger partial charge in [0.15, 0.2) is 0 Å². The Bertz CT molecular complexity index is 895. The summed E-state index contributed by atoms with van der Waals surface area (Å²) in [4.78, 5) is 18.2. The van der Waals surface area contributed by atoms with Gasteiger partial charge in [0, 0.05) is 21.7 Å². The molecule has 1 N–H and O–H groups in total. The number of rotatable bonds is 3. The monoisotopic (exact) mass is 336 g/mol. The molecule has 3 rings (SSSR count). The van der Waals surface area contributed by atoms with Crippen molar-refractivity contribution in [2.24, 2.45) is 0 Å². The van der Waals surface area contributed by atoms with Gasteiger partial charge in [0.1, 0.15) is 0 Å². The number of nitrogens with one attached hydrogen (secondary N) is 1. The summed E-state index contributed by atoms with van der Waals surface area (Å²) in [5, 5.41) is 4.03. The third-order valence-corrected chi connectivity index (χ3v) is 4.84. The zero-order valence-electron chi connectivity index (χ0n) is 14.3. The summed E-state index contributed by atoms with van der Waals surface area (Å²) in [5.41, 5.74) is 5.78. The Morgan fingerprint density at radius 3 is 2.29 bits per heavy atom. The first-order valence-corrected chi connectivity index (χ1v) is 8.69. The summed E-state index contributed by atoms with van der Waals surface area (Å²) >= 11 is 1.69.